The maximum atomic E-state index is 11.9. The molecule has 2 aromatic rings. The van der Waals surface area contributed by atoms with Crippen LogP contribution in [0.4, 0.5) is 5.69 Å². The monoisotopic (exact) mass is 256 g/mol. The SMILES string of the molecule is CCOc1ccc(C(=O)NNc2ccccc2)cc1. The van der Waals surface area contributed by atoms with E-state index in [0.717, 1.165) is 11.4 Å². The summed E-state index contributed by atoms with van der Waals surface area (Å²) in [6, 6.07) is 16.5. The van der Waals surface area contributed by atoms with Crippen molar-refractivity contribution in [1.82, 2.24) is 5.43 Å². The van der Waals surface area contributed by atoms with Crippen LogP contribution in [-0.2, 0) is 0 Å². The first-order valence-electron chi connectivity index (χ1n) is 6.14. The second-order valence-electron chi connectivity index (χ2n) is 3.90. The minimum absolute atomic E-state index is 0.188. The van der Waals surface area contributed by atoms with Crippen LogP contribution in [0.3, 0.4) is 0 Å². The van der Waals surface area contributed by atoms with Gasteiger partial charge in [0, 0.05) is 5.56 Å². The van der Waals surface area contributed by atoms with Crippen molar-refractivity contribution in [1.29, 1.82) is 0 Å². The number of hydrazine groups is 1. The summed E-state index contributed by atoms with van der Waals surface area (Å²) >= 11 is 0. The van der Waals surface area contributed by atoms with Gasteiger partial charge in [-0.1, -0.05) is 18.2 Å². The molecule has 98 valence electrons. The van der Waals surface area contributed by atoms with E-state index in [2.05, 4.69) is 10.9 Å². The normalized spacial score (nSPS) is 9.74. The Hall–Kier alpha value is -2.49. The number of hydrogen-bond donors (Lipinski definition) is 2. The summed E-state index contributed by atoms with van der Waals surface area (Å²) in [7, 11) is 0. The third-order valence-corrected chi connectivity index (χ3v) is 2.52. The summed E-state index contributed by atoms with van der Waals surface area (Å²) in [6.07, 6.45) is 0. The van der Waals surface area contributed by atoms with Crippen LogP contribution >= 0.6 is 0 Å². The molecule has 0 aliphatic carbocycles. The van der Waals surface area contributed by atoms with E-state index in [1.807, 2.05) is 37.3 Å². The second kappa shape index (κ2) is 6.44. The van der Waals surface area contributed by atoms with E-state index in [4.69, 9.17) is 4.74 Å². The van der Waals surface area contributed by atoms with Gasteiger partial charge in [-0.25, -0.2) is 0 Å². The second-order valence-corrected chi connectivity index (χ2v) is 3.90. The predicted molar refractivity (Wildman–Crippen MR) is 75.1 cm³/mol. The number of amides is 1. The van der Waals surface area contributed by atoms with Crippen molar-refractivity contribution >= 4 is 11.6 Å². The van der Waals surface area contributed by atoms with Crippen LogP contribution in [0.1, 0.15) is 17.3 Å². The molecule has 0 spiro atoms. The highest BCUT2D eigenvalue weighted by atomic mass is 16.5. The third-order valence-electron chi connectivity index (χ3n) is 2.52. The smallest absolute Gasteiger partial charge is 0.269 e. The fourth-order valence-electron chi connectivity index (χ4n) is 1.59. The fraction of sp³-hybridized carbons (Fsp3) is 0.133. The Morgan fingerprint density at radius 3 is 2.37 bits per heavy atom. The summed E-state index contributed by atoms with van der Waals surface area (Å²) < 4.78 is 5.32. The molecule has 0 aromatic heterocycles. The number of nitrogens with one attached hydrogen (secondary N) is 2. The van der Waals surface area contributed by atoms with E-state index >= 15 is 0 Å². The van der Waals surface area contributed by atoms with Crippen LogP contribution in [0.5, 0.6) is 5.75 Å². The molecule has 0 radical (unpaired) electrons. The van der Waals surface area contributed by atoms with Crippen molar-refractivity contribution in [3.63, 3.8) is 0 Å². The summed E-state index contributed by atoms with van der Waals surface area (Å²) in [5, 5.41) is 0. The predicted octanol–water partition coefficient (Wildman–Crippen LogP) is 2.84. The molecule has 4 nitrogen and oxygen atoms in total. The number of hydrogen-bond acceptors (Lipinski definition) is 3. The molecule has 0 unspecified atom stereocenters. The number of para-hydroxylation sites is 1. The highest BCUT2D eigenvalue weighted by molar-refractivity contribution is 5.94. The molecule has 2 N–H and O–H groups in total. The zero-order valence-electron chi connectivity index (χ0n) is 10.7. The number of ether oxygens (including phenoxy) is 1. The topological polar surface area (TPSA) is 50.4 Å². The molecule has 4 heteroatoms. The highest BCUT2D eigenvalue weighted by Crippen LogP contribution is 2.12. The minimum Gasteiger partial charge on any atom is -0.494 e. The molecule has 2 rings (SSSR count). The molecule has 0 fully saturated rings. The van der Waals surface area contributed by atoms with Crippen LogP contribution < -0.4 is 15.6 Å². The fourth-order valence-corrected chi connectivity index (χ4v) is 1.59. The lowest BCUT2D eigenvalue weighted by molar-refractivity contribution is 0.0962. The maximum Gasteiger partial charge on any atom is 0.269 e. The van der Waals surface area contributed by atoms with E-state index in [-0.39, 0.29) is 5.91 Å². The number of anilines is 1. The average molecular weight is 256 g/mol. The van der Waals surface area contributed by atoms with Gasteiger partial charge in [0.15, 0.2) is 0 Å². The van der Waals surface area contributed by atoms with Crippen molar-refractivity contribution in [3.05, 3.63) is 60.2 Å². The lowest BCUT2D eigenvalue weighted by Crippen LogP contribution is -2.29. The van der Waals surface area contributed by atoms with Crippen molar-refractivity contribution in [2.75, 3.05) is 12.0 Å². The Balaban J connectivity index is 1.92. The van der Waals surface area contributed by atoms with Gasteiger partial charge < -0.3 is 4.74 Å². The quantitative estimate of drug-likeness (QED) is 0.809. The third kappa shape index (κ3) is 3.74. The lowest BCUT2D eigenvalue weighted by atomic mass is 10.2. The molecule has 0 aliphatic heterocycles. The summed E-state index contributed by atoms with van der Waals surface area (Å²) in [5.41, 5.74) is 6.90. The Morgan fingerprint density at radius 1 is 1.05 bits per heavy atom. The largest absolute Gasteiger partial charge is 0.494 e. The molecule has 0 saturated carbocycles. The van der Waals surface area contributed by atoms with Gasteiger partial charge in [0.25, 0.3) is 5.91 Å². The first kappa shape index (κ1) is 13.0. The first-order chi connectivity index (χ1) is 9.29. The van der Waals surface area contributed by atoms with E-state index in [9.17, 15) is 4.79 Å². The van der Waals surface area contributed by atoms with Crippen LogP contribution in [-0.4, -0.2) is 12.5 Å². The van der Waals surface area contributed by atoms with Crippen molar-refractivity contribution in [2.45, 2.75) is 6.92 Å². The van der Waals surface area contributed by atoms with Crippen molar-refractivity contribution < 1.29 is 9.53 Å². The summed E-state index contributed by atoms with van der Waals surface area (Å²) in [6.45, 7) is 2.53. The van der Waals surface area contributed by atoms with Crippen LogP contribution in [0.15, 0.2) is 54.6 Å². The van der Waals surface area contributed by atoms with Gasteiger partial charge in [-0.3, -0.25) is 15.6 Å². The molecular weight excluding hydrogens is 240 g/mol. The highest BCUT2D eigenvalue weighted by Gasteiger charge is 2.04. The van der Waals surface area contributed by atoms with Gasteiger partial charge in [0.1, 0.15) is 5.75 Å². The molecule has 0 aliphatic rings. The van der Waals surface area contributed by atoms with Gasteiger partial charge >= 0.3 is 0 Å². The number of carbonyl (C=O) groups is 1. The molecule has 2 aromatic carbocycles. The standard InChI is InChI=1S/C15H16N2O2/c1-2-19-14-10-8-12(9-11-14)15(18)17-16-13-6-4-3-5-7-13/h3-11,16H,2H2,1H3,(H,17,18). The molecule has 0 saturated heterocycles. The Morgan fingerprint density at radius 2 is 1.74 bits per heavy atom. The Bertz CT molecular complexity index is 524. The Labute approximate surface area is 112 Å². The van der Waals surface area contributed by atoms with Gasteiger partial charge in [-0.15, -0.1) is 0 Å². The zero-order valence-corrected chi connectivity index (χ0v) is 10.7. The zero-order chi connectivity index (χ0) is 13.5. The number of benzene rings is 2. The average Bonchev–Trinajstić information content (AvgIpc) is 2.47. The van der Waals surface area contributed by atoms with Crippen molar-refractivity contribution in [3.8, 4) is 5.75 Å². The van der Waals surface area contributed by atoms with E-state index < -0.39 is 0 Å². The first-order valence-corrected chi connectivity index (χ1v) is 6.14. The minimum atomic E-state index is -0.188. The number of rotatable bonds is 5. The van der Waals surface area contributed by atoms with Gasteiger partial charge in [0.05, 0.1) is 12.3 Å². The van der Waals surface area contributed by atoms with Gasteiger partial charge in [-0.05, 0) is 43.3 Å². The number of carbonyl (C=O) groups excluding carboxylic acids is 1. The van der Waals surface area contributed by atoms with Crippen LogP contribution in [0.25, 0.3) is 0 Å². The van der Waals surface area contributed by atoms with E-state index in [1.165, 1.54) is 0 Å². The van der Waals surface area contributed by atoms with Gasteiger partial charge in [-0.2, -0.15) is 0 Å². The molecule has 19 heavy (non-hydrogen) atoms. The molecule has 0 heterocycles. The maximum absolute atomic E-state index is 11.9. The summed E-state index contributed by atoms with van der Waals surface area (Å²) in [4.78, 5) is 11.9. The van der Waals surface area contributed by atoms with Crippen molar-refractivity contribution in [2.24, 2.45) is 0 Å². The molecule has 0 atom stereocenters. The van der Waals surface area contributed by atoms with Crippen LogP contribution in [0.2, 0.25) is 0 Å². The molecular formula is C15H16N2O2. The summed E-state index contributed by atoms with van der Waals surface area (Å²) in [5.74, 6) is 0.571. The Kier molecular flexibility index (Phi) is 4.39. The molecule has 0 bridgehead atoms. The van der Waals surface area contributed by atoms with E-state index in [0.29, 0.717) is 12.2 Å². The lowest BCUT2D eigenvalue weighted by Gasteiger charge is -2.09. The van der Waals surface area contributed by atoms with Gasteiger partial charge in [0.2, 0.25) is 0 Å². The van der Waals surface area contributed by atoms with E-state index in [1.54, 1.807) is 24.3 Å². The van der Waals surface area contributed by atoms with Crippen LogP contribution in [0, 0.1) is 0 Å². The molecule has 1 amide bonds.